The zero-order chi connectivity index (χ0) is 13.1. The Labute approximate surface area is 111 Å². The summed E-state index contributed by atoms with van der Waals surface area (Å²) in [5.74, 6) is 1.05. The topological polar surface area (TPSA) is 32.3 Å². The Balaban J connectivity index is 2.05. The number of nitrogens with one attached hydrogen (secondary N) is 1. The Morgan fingerprint density at radius 3 is 2.67 bits per heavy atom. The number of carbonyl (C=O) groups is 1. The normalized spacial score (nSPS) is 36.6. The zero-order valence-corrected chi connectivity index (χ0v) is 12.1. The molecule has 3 heteroatoms. The van der Waals surface area contributed by atoms with E-state index in [1.807, 2.05) is 0 Å². The van der Waals surface area contributed by atoms with Crippen molar-refractivity contribution in [3.8, 4) is 0 Å². The standard InChI is InChI=1S/C15H28N2O/c1-4-6-9-12-15(18)17(14(5-2)16-12)13-10-7-8-11(13)3/h11-14,16H,4-10H2,1-3H3. The summed E-state index contributed by atoms with van der Waals surface area (Å²) in [6, 6.07) is 0.573. The van der Waals surface area contributed by atoms with Crippen molar-refractivity contribution >= 4 is 5.91 Å². The molecule has 1 aliphatic carbocycles. The van der Waals surface area contributed by atoms with E-state index < -0.39 is 0 Å². The molecule has 104 valence electrons. The van der Waals surface area contributed by atoms with Crippen LogP contribution in [0, 0.1) is 5.92 Å². The third-order valence-corrected chi connectivity index (χ3v) is 4.69. The first-order valence-corrected chi connectivity index (χ1v) is 7.77. The van der Waals surface area contributed by atoms with Crippen LogP contribution in [0.25, 0.3) is 0 Å². The maximum Gasteiger partial charge on any atom is 0.241 e. The molecule has 4 unspecified atom stereocenters. The van der Waals surface area contributed by atoms with Gasteiger partial charge in [0.05, 0.1) is 12.2 Å². The van der Waals surface area contributed by atoms with Gasteiger partial charge in [-0.2, -0.15) is 0 Å². The maximum atomic E-state index is 12.6. The number of unbranched alkanes of at least 4 members (excludes halogenated alkanes) is 1. The minimum atomic E-state index is 0.0858. The predicted octanol–water partition coefficient (Wildman–Crippen LogP) is 2.90. The number of carbonyl (C=O) groups excluding carboxylic acids is 1. The minimum Gasteiger partial charge on any atom is -0.323 e. The third kappa shape index (κ3) is 2.56. The second-order valence-corrected chi connectivity index (χ2v) is 6.01. The van der Waals surface area contributed by atoms with Crippen LogP contribution in [0.15, 0.2) is 0 Å². The summed E-state index contributed by atoms with van der Waals surface area (Å²) >= 11 is 0. The fourth-order valence-corrected chi connectivity index (χ4v) is 3.58. The van der Waals surface area contributed by atoms with E-state index in [-0.39, 0.29) is 12.2 Å². The Morgan fingerprint density at radius 1 is 1.33 bits per heavy atom. The molecule has 3 nitrogen and oxygen atoms in total. The molecule has 0 bridgehead atoms. The fourth-order valence-electron chi connectivity index (χ4n) is 3.58. The van der Waals surface area contributed by atoms with E-state index in [2.05, 4.69) is 31.0 Å². The van der Waals surface area contributed by atoms with E-state index >= 15 is 0 Å². The SMILES string of the molecule is CCCCC1NC(CC)N(C2CCCC2C)C1=O. The van der Waals surface area contributed by atoms with Gasteiger partial charge in [-0.05, 0) is 31.6 Å². The lowest BCUT2D eigenvalue weighted by molar-refractivity contribution is -0.133. The fraction of sp³-hybridized carbons (Fsp3) is 0.933. The highest BCUT2D eigenvalue weighted by Gasteiger charge is 2.43. The summed E-state index contributed by atoms with van der Waals surface area (Å²) in [6.07, 6.45) is 8.39. The van der Waals surface area contributed by atoms with Crippen LogP contribution in [0.5, 0.6) is 0 Å². The second kappa shape index (κ2) is 6.05. The first kappa shape index (κ1) is 13.9. The van der Waals surface area contributed by atoms with Gasteiger partial charge in [-0.15, -0.1) is 0 Å². The summed E-state index contributed by atoms with van der Waals surface area (Å²) in [6.45, 7) is 6.67. The van der Waals surface area contributed by atoms with Crippen LogP contribution in [-0.2, 0) is 4.79 Å². The van der Waals surface area contributed by atoms with Gasteiger partial charge in [-0.25, -0.2) is 0 Å². The monoisotopic (exact) mass is 252 g/mol. The predicted molar refractivity (Wildman–Crippen MR) is 74.2 cm³/mol. The molecular weight excluding hydrogens is 224 g/mol. The van der Waals surface area contributed by atoms with E-state index in [4.69, 9.17) is 0 Å². The molecule has 1 saturated carbocycles. The van der Waals surface area contributed by atoms with Crippen LogP contribution >= 0.6 is 0 Å². The van der Waals surface area contributed by atoms with Crippen LogP contribution in [0.2, 0.25) is 0 Å². The lowest BCUT2D eigenvalue weighted by atomic mass is 10.0. The summed E-state index contributed by atoms with van der Waals surface area (Å²) < 4.78 is 0. The molecule has 0 radical (unpaired) electrons. The lowest BCUT2D eigenvalue weighted by Gasteiger charge is -2.32. The van der Waals surface area contributed by atoms with Gasteiger partial charge in [0.2, 0.25) is 5.91 Å². The Bertz CT molecular complexity index is 292. The van der Waals surface area contributed by atoms with Crippen LogP contribution in [-0.4, -0.2) is 29.1 Å². The van der Waals surface area contributed by atoms with Crippen LogP contribution in [0.1, 0.15) is 65.7 Å². The number of hydrogen-bond acceptors (Lipinski definition) is 2. The highest BCUT2D eigenvalue weighted by atomic mass is 16.2. The van der Waals surface area contributed by atoms with E-state index in [0.717, 1.165) is 19.3 Å². The molecule has 0 aromatic heterocycles. The van der Waals surface area contributed by atoms with Crippen molar-refractivity contribution in [3.63, 3.8) is 0 Å². The van der Waals surface area contributed by atoms with Gasteiger partial charge in [0.1, 0.15) is 0 Å². The zero-order valence-electron chi connectivity index (χ0n) is 12.1. The van der Waals surface area contributed by atoms with E-state index in [0.29, 0.717) is 17.9 Å². The number of amides is 1. The van der Waals surface area contributed by atoms with E-state index in [1.165, 1.54) is 25.7 Å². The number of rotatable bonds is 5. The van der Waals surface area contributed by atoms with Crippen molar-refractivity contribution < 1.29 is 4.79 Å². The van der Waals surface area contributed by atoms with Crippen molar-refractivity contribution in [3.05, 3.63) is 0 Å². The average Bonchev–Trinajstić information content (AvgIpc) is 2.90. The summed E-state index contributed by atoms with van der Waals surface area (Å²) in [5.41, 5.74) is 0. The molecule has 0 spiro atoms. The summed E-state index contributed by atoms with van der Waals surface area (Å²) in [7, 11) is 0. The first-order valence-electron chi connectivity index (χ1n) is 7.77. The molecule has 2 aliphatic rings. The molecule has 2 fully saturated rings. The number of nitrogens with zero attached hydrogens (tertiary/aromatic N) is 1. The quantitative estimate of drug-likeness (QED) is 0.816. The molecule has 0 aromatic carbocycles. The maximum absolute atomic E-state index is 12.6. The van der Waals surface area contributed by atoms with Crippen molar-refractivity contribution in [2.75, 3.05) is 0 Å². The van der Waals surface area contributed by atoms with Crippen molar-refractivity contribution in [2.24, 2.45) is 5.92 Å². The minimum absolute atomic E-state index is 0.0858. The first-order chi connectivity index (χ1) is 8.69. The van der Waals surface area contributed by atoms with Crippen molar-refractivity contribution in [2.45, 2.75) is 84.0 Å². The Morgan fingerprint density at radius 2 is 2.11 bits per heavy atom. The molecule has 18 heavy (non-hydrogen) atoms. The molecule has 1 amide bonds. The van der Waals surface area contributed by atoms with Gasteiger partial charge in [0.25, 0.3) is 0 Å². The van der Waals surface area contributed by atoms with Crippen molar-refractivity contribution in [1.82, 2.24) is 10.2 Å². The average molecular weight is 252 g/mol. The molecule has 1 aliphatic heterocycles. The number of hydrogen-bond donors (Lipinski definition) is 1. The van der Waals surface area contributed by atoms with Gasteiger partial charge >= 0.3 is 0 Å². The van der Waals surface area contributed by atoms with Crippen molar-refractivity contribution in [1.29, 1.82) is 0 Å². The Hall–Kier alpha value is -0.570. The lowest BCUT2D eigenvalue weighted by Crippen LogP contribution is -2.45. The van der Waals surface area contributed by atoms with Gasteiger partial charge < -0.3 is 4.90 Å². The smallest absolute Gasteiger partial charge is 0.241 e. The van der Waals surface area contributed by atoms with Crippen LogP contribution < -0.4 is 5.32 Å². The summed E-state index contributed by atoms with van der Waals surface area (Å²) in [5, 5.41) is 3.55. The van der Waals surface area contributed by atoms with Gasteiger partial charge in [0, 0.05) is 6.04 Å². The van der Waals surface area contributed by atoms with Gasteiger partial charge in [-0.3, -0.25) is 10.1 Å². The highest BCUT2D eigenvalue weighted by Crippen LogP contribution is 2.33. The molecule has 1 N–H and O–H groups in total. The highest BCUT2D eigenvalue weighted by molar-refractivity contribution is 5.84. The second-order valence-electron chi connectivity index (χ2n) is 6.01. The molecular formula is C15H28N2O. The Kier molecular flexibility index (Phi) is 4.66. The molecule has 0 aromatic rings. The van der Waals surface area contributed by atoms with Gasteiger partial charge in [-0.1, -0.05) is 40.0 Å². The molecule has 1 heterocycles. The van der Waals surface area contributed by atoms with E-state index in [1.54, 1.807) is 0 Å². The van der Waals surface area contributed by atoms with Crippen LogP contribution in [0.4, 0.5) is 0 Å². The van der Waals surface area contributed by atoms with E-state index in [9.17, 15) is 4.79 Å². The summed E-state index contributed by atoms with van der Waals surface area (Å²) in [4.78, 5) is 14.8. The largest absolute Gasteiger partial charge is 0.323 e. The van der Waals surface area contributed by atoms with Crippen LogP contribution in [0.3, 0.4) is 0 Å². The molecule has 4 atom stereocenters. The molecule has 2 rings (SSSR count). The molecule has 1 saturated heterocycles. The van der Waals surface area contributed by atoms with Gasteiger partial charge in [0.15, 0.2) is 0 Å². The third-order valence-electron chi connectivity index (χ3n) is 4.69.